The van der Waals surface area contributed by atoms with Crippen LogP contribution in [-0.2, 0) is 4.79 Å². The van der Waals surface area contributed by atoms with Crippen molar-refractivity contribution in [3.63, 3.8) is 0 Å². The van der Waals surface area contributed by atoms with E-state index in [1.54, 1.807) is 12.1 Å². The number of hydrogen-bond acceptors (Lipinski definition) is 4. The highest BCUT2D eigenvalue weighted by atomic mass is 19.1. The van der Waals surface area contributed by atoms with Crippen LogP contribution in [0.5, 0.6) is 0 Å². The molecule has 2 rings (SSSR count). The van der Waals surface area contributed by atoms with E-state index in [1.165, 1.54) is 12.1 Å². The molecule has 0 radical (unpaired) electrons. The number of carbonyl (C=O) groups excluding carboxylic acids is 1. The van der Waals surface area contributed by atoms with Crippen molar-refractivity contribution < 1.29 is 9.18 Å². The molecule has 0 aliphatic carbocycles. The van der Waals surface area contributed by atoms with Gasteiger partial charge in [0, 0.05) is 12.1 Å². The third kappa shape index (κ3) is 4.81. The van der Waals surface area contributed by atoms with Crippen molar-refractivity contribution in [3.8, 4) is 0 Å². The van der Waals surface area contributed by atoms with Crippen LogP contribution in [0.1, 0.15) is 31.4 Å². The fourth-order valence-electron chi connectivity index (χ4n) is 3.75. The summed E-state index contributed by atoms with van der Waals surface area (Å²) in [4.78, 5) is 19.5. The van der Waals surface area contributed by atoms with Gasteiger partial charge in [0.1, 0.15) is 11.9 Å². The number of likely N-dealkylation sites (tertiary alicyclic amines) is 1. The highest BCUT2D eigenvalue weighted by Crippen LogP contribution is 2.27. The molecule has 0 saturated carbocycles. The molecule has 1 aliphatic heterocycles. The van der Waals surface area contributed by atoms with E-state index in [4.69, 9.17) is 0 Å². The minimum absolute atomic E-state index is 0.0129. The Morgan fingerprint density at radius 3 is 2.23 bits per heavy atom. The van der Waals surface area contributed by atoms with Crippen LogP contribution in [-0.4, -0.2) is 80.5 Å². The zero-order valence-electron chi connectivity index (χ0n) is 16.8. The summed E-state index contributed by atoms with van der Waals surface area (Å²) in [5, 5.41) is 3.17. The normalized spacial score (nSPS) is 18.9. The van der Waals surface area contributed by atoms with Crippen LogP contribution in [0, 0.1) is 5.82 Å². The van der Waals surface area contributed by atoms with Gasteiger partial charge in [0.2, 0.25) is 5.91 Å². The molecule has 0 bridgehead atoms. The van der Waals surface area contributed by atoms with E-state index < -0.39 is 6.04 Å². The number of nitrogens with one attached hydrogen (secondary N) is 1. The second-order valence-corrected chi connectivity index (χ2v) is 7.69. The number of carbonyl (C=O) groups is 1. The summed E-state index contributed by atoms with van der Waals surface area (Å²) in [5.41, 5.74) is 0.787. The lowest BCUT2D eigenvalue weighted by atomic mass is 9.86. The molecule has 0 aromatic heterocycles. The lowest BCUT2D eigenvalue weighted by Crippen LogP contribution is -2.59. The van der Waals surface area contributed by atoms with Crippen LogP contribution in [0.15, 0.2) is 24.3 Å². The Kier molecular flexibility index (Phi) is 7.15. The van der Waals surface area contributed by atoms with E-state index in [9.17, 15) is 9.18 Å². The number of amides is 1. The van der Waals surface area contributed by atoms with Crippen molar-refractivity contribution >= 4 is 5.91 Å². The molecule has 146 valence electrons. The van der Waals surface area contributed by atoms with Gasteiger partial charge in [0.15, 0.2) is 0 Å². The van der Waals surface area contributed by atoms with Gasteiger partial charge in [-0.1, -0.05) is 19.1 Å². The monoisotopic (exact) mass is 364 g/mol. The second kappa shape index (κ2) is 8.93. The van der Waals surface area contributed by atoms with Gasteiger partial charge in [0.05, 0.1) is 0 Å². The van der Waals surface area contributed by atoms with Crippen LogP contribution in [0.4, 0.5) is 4.39 Å². The lowest BCUT2D eigenvalue weighted by molar-refractivity contribution is -0.126. The molecular weight excluding hydrogens is 331 g/mol. The maximum atomic E-state index is 13.2. The van der Waals surface area contributed by atoms with Gasteiger partial charge < -0.3 is 15.1 Å². The largest absolute Gasteiger partial charge is 0.353 e. The first kappa shape index (κ1) is 20.8. The van der Waals surface area contributed by atoms with E-state index in [1.807, 2.05) is 19.0 Å². The minimum atomic E-state index is -0.425. The molecule has 1 fully saturated rings. The topological polar surface area (TPSA) is 38.8 Å². The van der Waals surface area contributed by atoms with Crippen LogP contribution >= 0.6 is 0 Å². The number of rotatable bonds is 7. The summed E-state index contributed by atoms with van der Waals surface area (Å²) in [6, 6.07) is 5.75. The second-order valence-electron chi connectivity index (χ2n) is 7.69. The fraction of sp³-hybridized carbons (Fsp3) is 0.650. The molecule has 1 heterocycles. The zero-order valence-corrected chi connectivity index (χ0v) is 16.8. The maximum absolute atomic E-state index is 13.2. The van der Waals surface area contributed by atoms with Gasteiger partial charge in [0.25, 0.3) is 0 Å². The molecule has 1 saturated heterocycles. The predicted molar refractivity (Wildman–Crippen MR) is 104 cm³/mol. The smallest absolute Gasteiger partial charge is 0.242 e. The minimum Gasteiger partial charge on any atom is -0.353 e. The highest BCUT2D eigenvalue weighted by Gasteiger charge is 2.37. The summed E-state index contributed by atoms with van der Waals surface area (Å²) in [6.45, 7) is 6.00. The Labute approximate surface area is 157 Å². The highest BCUT2D eigenvalue weighted by molar-refractivity contribution is 5.83. The molecule has 1 aromatic carbocycles. The van der Waals surface area contributed by atoms with Crippen LogP contribution < -0.4 is 5.32 Å². The average Bonchev–Trinajstić information content (AvgIpc) is 2.61. The molecule has 1 aromatic rings. The van der Waals surface area contributed by atoms with Crippen LogP contribution in [0.2, 0.25) is 0 Å². The van der Waals surface area contributed by atoms with E-state index in [0.29, 0.717) is 6.54 Å². The quantitative estimate of drug-likeness (QED) is 0.803. The summed E-state index contributed by atoms with van der Waals surface area (Å²) < 4.78 is 13.2. The van der Waals surface area contributed by atoms with E-state index in [0.717, 1.165) is 38.0 Å². The van der Waals surface area contributed by atoms with Gasteiger partial charge in [-0.3, -0.25) is 9.69 Å². The first-order chi connectivity index (χ1) is 12.3. The predicted octanol–water partition coefficient (Wildman–Crippen LogP) is 1.96. The van der Waals surface area contributed by atoms with Gasteiger partial charge in [-0.2, -0.15) is 0 Å². The number of likely N-dealkylation sites (N-methyl/N-ethyl adjacent to an activating group) is 2. The fourth-order valence-corrected chi connectivity index (χ4v) is 3.75. The van der Waals surface area contributed by atoms with Gasteiger partial charge in [-0.25, -0.2) is 4.39 Å². The molecule has 6 heteroatoms. The maximum Gasteiger partial charge on any atom is 0.242 e. The van der Waals surface area contributed by atoms with Gasteiger partial charge >= 0.3 is 0 Å². The molecule has 0 spiro atoms. The van der Waals surface area contributed by atoms with Crippen LogP contribution in [0.25, 0.3) is 0 Å². The molecule has 0 unspecified atom stereocenters. The van der Waals surface area contributed by atoms with Gasteiger partial charge in [-0.15, -0.1) is 0 Å². The molecule has 1 amide bonds. The summed E-state index contributed by atoms with van der Waals surface area (Å²) >= 11 is 0. The zero-order chi connectivity index (χ0) is 19.3. The Bertz CT molecular complexity index is 580. The van der Waals surface area contributed by atoms with Crippen molar-refractivity contribution in [2.24, 2.45) is 0 Å². The summed E-state index contributed by atoms with van der Waals surface area (Å²) in [7, 11) is 7.93. The number of piperidine rings is 1. The van der Waals surface area contributed by atoms with E-state index >= 15 is 0 Å². The first-order valence-electron chi connectivity index (χ1n) is 9.38. The first-order valence-corrected chi connectivity index (χ1v) is 9.38. The Morgan fingerprint density at radius 1 is 1.19 bits per heavy atom. The SMILES string of the molecule is CCN1CCC(CNC(=O)[C@H](c2ccc(F)cc2)N(C)C)(N(C)C)CC1. The molecule has 1 aliphatic rings. The van der Waals surface area contributed by atoms with E-state index in [-0.39, 0.29) is 17.3 Å². The van der Waals surface area contributed by atoms with Gasteiger partial charge in [-0.05, 0) is 78.4 Å². The van der Waals surface area contributed by atoms with Crippen molar-refractivity contribution in [1.82, 2.24) is 20.0 Å². The van der Waals surface area contributed by atoms with Crippen molar-refractivity contribution in [1.29, 1.82) is 0 Å². The average molecular weight is 365 g/mol. The number of nitrogens with zero attached hydrogens (tertiary/aromatic N) is 3. The van der Waals surface area contributed by atoms with Crippen LogP contribution in [0.3, 0.4) is 0 Å². The lowest BCUT2D eigenvalue weighted by Gasteiger charge is -2.46. The molecule has 1 N–H and O–H groups in total. The standard InChI is InChI=1S/C20H33FN4O/c1-6-25-13-11-20(12-14-25,24(4)5)15-22-19(26)18(23(2)3)16-7-9-17(21)10-8-16/h7-10,18H,6,11-15H2,1-5H3,(H,22,26)/t18-/m0/s1. The molecule has 1 atom stereocenters. The summed E-state index contributed by atoms with van der Waals surface area (Å²) in [5.74, 6) is -0.332. The van der Waals surface area contributed by atoms with Crippen molar-refractivity contribution in [2.75, 3.05) is 54.4 Å². The molecule has 5 nitrogen and oxygen atoms in total. The van der Waals surface area contributed by atoms with Crippen molar-refractivity contribution in [2.45, 2.75) is 31.3 Å². The van der Waals surface area contributed by atoms with Crippen molar-refractivity contribution in [3.05, 3.63) is 35.6 Å². The molecule has 26 heavy (non-hydrogen) atoms. The third-order valence-electron chi connectivity index (χ3n) is 5.72. The Morgan fingerprint density at radius 2 is 1.77 bits per heavy atom. The third-order valence-corrected chi connectivity index (χ3v) is 5.72. The number of halogens is 1. The number of benzene rings is 1. The Balaban J connectivity index is 2.07. The van der Waals surface area contributed by atoms with E-state index in [2.05, 4.69) is 36.1 Å². The summed E-state index contributed by atoms with van der Waals surface area (Å²) in [6.07, 6.45) is 2.08. The molecular formula is C20H33FN4O. The number of hydrogen-bond donors (Lipinski definition) is 1. The Hall–Kier alpha value is -1.50.